The van der Waals surface area contributed by atoms with Gasteiger partial charge in [0.2, 0.25) is 0 Å². The van der Waals surface area contributed by atoms with E-state index >= 15 is 0 Å². The molecule has 0 aromatic heterocycles. The first kappa shape index (κ1) is 30.5. The van der Waals surface area contributed by atoms with Gasteiger partial charge in [-0.05, 0) is 79.8 Å². The van der Waals surface area contributed by atoms with E-state index in [-0.39, 0.29) is 15.5 Å². The summed E-state index contributed by atoms with van der Waals surface area (Å²) in [6.07, 6.45) is 7.65. The van der Waals surface area contributed by atoms with Crippen LogP contribution in [0.3, 0.4) is 0 Å². The van der Waals surface area contributed by atoms with Crippen molar-refractivity contribution in [1.82, 2.24) is 5.32 Å². The fraction of sp³-hybridized carbons (Fsp3) is 0.367. The summed E-state index contributed by atoms with van der Waals surface area (Å²) in [5, 5.41) is 15.5. The number of benzene rings is 3. The minimum Gasteiger partial charge on any atom is -0.411 e. The van der Waals surface area contributed by atoms with Crippen molar-refractivity contribution in [3.63, 3.8) is 0 Å². The standard InChI is InChI=1S/C30H38N4O5S2/c1-22(20-24-8-4-3-5-9-24)31-21-26-10-6-7-11-30(26)34-41(38,39)29-18-14-27(15-19-29)33-40(36,37)28-16-12-25(13-17-28)23(2)32-35/h6-7,10-19,22,24,31,33-35H,3-5,8-9,20-21H2,1-2H3/t22-/m0/s1. The maximum Gasteiger partial charge on any atom is 0.261 e. The van der Waals surface area contributed by atoms with Crippen molar-refractivity contribution < 1.29 is 22.0 Å². The van der Waals surface area contributed by atoms with Crippen molar-refractivity contribution >= 4 is 37.1 Å². The molecule has 0 radical (unpaired) electrons. The van der Waals surface area contributed by atoms with E-state index in [2.05, 4.69) is 26.8 Å². The molecule has 1 atom stereocenters. The molecular formula is C30H38N4O5S2. The van der Waals surface area contributed by atoms with Gasteiger partial charge < -0.3 is 10.5 Å². The lowest BCUT2D eigenvalue weighted by atomic mass is 9.85. The highest BCUT2D eigenvalue weighted by molar-refractivity contribution is 7.93. The van der Waals surface area contributed by atoms with Crippen molar-refractivity contribution in [2.75, 3.05) is 9.44 Å². The lowest BCUT2D eigenvalue weighted by molar-refractivity contribution is 0.305. The molecule has 4 N–H and O–H groups in total. The molecule has 3 aromatic rings. The van der Waals surface area contributed by atoms with Crippen LogP contribution in [0.1, 0.15) is 63.5 Å². The predicted molar refractivity (Wildman–Crippen MR) is 162 cm³/mol. The normalized spacial score (nSPS) is 15.8. The van der Waals surface area contributed by atoms with E-state index in [4.69, 9.17) is 5.21 Å². The van der Waals surface area contributed by atoms with Gasteiger partial charge in [0.25, 0.3) is 20.0 Å². The van der Waals surface area contributed by atoms with Crippen LogP contribution in [0.2, 0.25) is 0 Å². The Labute approximate surface area is 243 Å². The summed E-state index contributed by atoms with van der Waals surface area (Å²) in [6, 6.07) is 19.0. The lowest BCUT2D eigenvalue weighted by Gasteiger charge is -2.25. The molecular weight excluding hydrogens is 560 g/mol. The summed E-state index contributed by atoms with van der Waals surface area (Å²) in [6.45, 7) is 4.32. The molecule has 0 unspecified atom stereocenters. The molecule has 1 saturated carbocycles. The van der Waals surface area contributed by atoms with Crippen LogP contribution < -0.4 is 14.8 Å². The average molecular weight is 599 g/mol. The summed E-state index contributed by atoms with van der Waals surface area (Å²) in [7, 11) is -7.82. The molecule has 0 amide bonds. The summed E-state index contributed by atoms with van der Waals surface area (Å²) >= 11 is 0. The Morgan fingerprint density at radius 2 is 1.44 bits per heavy atom. The van der Waals surface area contributed by atoms with E-state index in [1.165, 1.54) is 80.6 Å². The summed E-state index contributed by atoms with van der Waals surface area (Å²) in [5.74, 6) is 0.754. The van der Waals surface area contributed by atoms with Crippen LogP contribution in [-0.2, 0) is 26.6 Å². The predicted octanol–water partition coefficient (Wildman–Crippen LogP) is 5.93. The first-order valence-electron chi connectivity index (χ1n) is 13.8. The Morgan fingerprint density at radius 3 is 2.07 bits per heavy atom. The van der Waals surface area contributed by atoms with Crippen LogP contribution in [0.25, 0.3) is 0 Å². The molecule has 220 valence electrons. The van der Waals surface area contributed by atoms with E-state index in [0.717, 1.165) is 17.9 Å². The summed E-state index contributed by atoms with van der Waals surface area (Å²) in [4.78, 5) is 0.0284. The van der Waals surface area contributed by atoms with Crippen LogP contribution in [0.5, 0.6) is 0 Å². The van der Waals surface area contributed by atoms with Gasteiger partial charge in [0, 0.05) is 18.3 Å². The highest BCUT2D eigenvalue weighted by Gasteiger charge is 2.20. The third kappa shape index (κ3) is 8.31. The summed E-state index contributed by atoms with van der Waals surface area (Å²) in [5.41, 5.74) is 2.51. The quantitative estimate of drug-likeness (QED) is 0.116. The van der Waals surface area contributed by atoms with Gasteiger partial charge in [-0.3, -0.25) is 9.44 Å². The fourth-order valence-electron chi connectivity index (χ4n) is 5.12. The molecule has 11 heteroatoms. The Morgan fingerprint density at radius 1 is 0.854 bits per heavy atom. The number of nitrogens with zero attached hydrogens (tertiary/aromatic N) is 1. The Bertz CT molecular complexity index is 1550. The number of nitrogens with one attached hydrogen (secondary N) is 3. The largest absolute Gasteiger partial charge is 0.411 e. The van der Waals surface area contributed by atoms with Crippen LogP contribution in [0.15, 0.2) is 87.7 Å². The number of sulfonamides is 2. The monoisotopic (exact) mass is 598 g/mol. The molecule has 0 aliphatic heterocycles. The number of rotatable bonds is 12. The first-order valence-corrected chi connectivity index (χ1v) is 16.8. The van der Waals surface area contributed by atoms with Gasteiger partial charge in [-0.25, -0.2) is 16.8 Å². The van der Waals surface area contributed by atoms with Crippen molar-refractivity contribution in [1.29, 1.82) is 0 Å². The van der Waals surface area contributed by atoms with Crippen LogP contribution in [0, 0.1) is 5.92 Å². The first-order chi connectivity index (χ1) is 19.6. The third-order valence-corrected chi connectivity index (χ3v) is 10.2. The van der Waals surface area contributed by atoms with Crippen LogP contribution >= 0.6 is 0 Å². The smallest absolute Gasteiger partial charge is 0.261 e. The molecule has 0 heterocycles. The molecule has 0 spiro atoms. The third-order valence-electron chi connectivity index (χ3n) is 7.46. The van der Waals surface area contributed by atoms with E-state index in [1.54, 1.807) is 19.1 Å². The molecule has 1 aliphatic rings. The van der Waals surface area contributed by atoms with Gasteiger partial charge in [-0.1, -0.05) is 67.6 Å². The number of oxime groups is 1. The number of anilines is 2. The zero-order valence-electron chi connectivity index (χ0n) is 23.4. The molecule has 4 rings (SSSR count). The molecule has 1 fully saturated rings. The minimum atomic E-state index is -3.91. The number of hydrogen-bond acceptors (Lipinski definition) is 7. The zero-order valence-corrected chi connectivity index (χ0v) is 25.0. The van der Waals surface area contributed by atoms with Gasteiger partial charge in [0.1, 0.15) is 0 Å². The van der Waals surface area contributed by atoms with E-state index in [9.17, 15) is 16.8 Å². The number of para-hydroxylation sites is 1. The van der Waals surface area contributed by atoms with Gasteiger partial charge in [-0.15, -0.1) is 0 Å². The molecule has 41 heavy (non-hydrogen) atoms. The molecule has 0 saturated heterocycles. The van der Waals surface area contributed by atoms with E-state index < -0.39 is 20.0 Å². The SMILES string of the molecule is CC(=NO)c1ccc(S(=O)(=O)Nc2ccc(S(=O)(=O)Nc3ccccc3CN[C@@H](C)CC3CCCCC3)cc2)cc1. The molecule has 1 aliphatic carbocycles. The Hall–Kier alpha value is -3.41. The average Bonchev–Trinajstić information content (AvgIpc) is 2.97. The molecule has 0 bridgehead atoms. The van der Waals surface area contributed by atoms with Crippen molar-refractivity contribution in [2.24, 2.45) is 11.1 Å². The van der Waals surface area contributed by atoms with Gasteiger partial charge in [-0.2, -0.15) is 0 Å². The Balaban J connectivity index is 1.39. The molecule has 9 nitrogen and oxygen atoms in total. The van der Waals surface area contributed by atoms with Crippen LogP contribution in [0.4, 0.5) is 11.4 Å². The fourth-order valence-corrected chi connectivity index (χ4v) is 7.28. The van der Waals surface area contributed by atoms with Crippen molar-refractivity contribution in [2.45, 2.75) is 74.7 Å². The highest BCUT2D eigenvalue weighted by atomic mass is 32.2. The van der Waals surface area contributed by atoms with Crippen molar-refractivity contribution in [3.8, 4) is 0 Å². The minimum absolute atomic E-state index is 0.0111. The van der Waals surface area contributed by atoms with Gasteiger partial charge >= 0.3 is 0 Å². The maximum absolute atomic E-state index is 13.2. The Kier molecular flexibility index (Phi) is 10.1. The second-order valence-corrected chi connectivity index (χ2v) is 14.0. The molecule has 3 aromatic carbocycles. The second kappa shape index (κ2) is 13.5. The second-order valence-electron chi connectivity index (χ2n) is 10.6. The van der Waals surface area contributed by atoms with E-state index in [1.807, 2.05) is 12.1 Å². The maximum atomic E-state index is 13.2. The van der Waals surface area contributed by atoms with Crippen LogP contribution in [-0.4, -0.2) is 33.8 Å². The van der Waals surface area contributed by atoms with E-state index in [0.29, 0.717) is 29.5 Å². The summed E-state index contributed by atoms with van der Waals surface area (Å²) < 4.78 is 57.1. The zero-order chi connectivity index (χ0) is 29.5. The highest BCUT2D eigenvalue weighted by Crippen LogP contribution is 2.28. The van der Waals surface area contributed by atoms with Gasteiger partial charge in [0.05, 0.1) is 21.2 Å². The van der Waals surface area contributed by atoms with Crippen molar-refractivity contribution in [3.05, 3.63) is 83.9 Å². The number of hydrogen-bond donors (Lipinski definition) is 4. The van der Waals surface area contributed by atoms with Gasteiger partial charge in [0.15, 0.2) is 0 Å². The lowest BCUT2D eigenvalue weighted by Crippen LogP contribution is -2.29. The topological polar surface area (TPSA) is 137 Å².